The van der Waals surface area contributed by atoms with E-state index in [2.05, 4.69) is 5.10 Å². The van der Waals surface area contributed by atoms with Gasteiger partial charge >= 0.3 is 6.18 Å². The van der Waals surface area contributed by atoms with Gasteiger partial charge in [0.15, 0.2) is 9.84 Å². The first-order chi connectivity index (χ1) is 15.0. The molecule has 0 saturated heterocycles. The van der Waals surface area contributed by atoms with Gasteiger partial charge in [-0.3, -0.25) is 5.10 Å². The molecule has 3 aromatic carbocycles. The molecule has 1 aromatic heterocycles. The summed E-state index contributed by atoms with van der Waals surface area (Å²) in [4.78, 5) is 0.120. The molecular formula is C23H16F4N2O2S. The van der Waals surface area contributed by atoms with E-state index in [1.165, 1.54) is 30.3 Å². The summed E-state index contributed by atoms with van der Waals surface area (Å²) >= 11 is 0. The molecule has 32 heavy (non-hydrogen) atoms. The second-order valence-corrected chi connectivity index (χ2v) is 9.24. The van der Waals surface area contributed by atoms with Crippen LogP contribution in [0.4, 0.5) is 17.6 Å². The highest BCUT2D eigenvalue weighted by Crippen LogP contribution is 2.40. The second kappa shape index (κ2) is 7.90. The Morgan fingerprint density at radius 2 is 1.34 bits per heavy atom. The summed E-state index contributed by atoms with van der Waals surface area (Å²) in [6.07, 6.45) is -2.42. The average Bonchev–Trinajstić information content (AvgIpc) is 3.24. The van der Waals surface area contributed by atoms with Crippen molar-refractivity contribution in [3.63, 3.8) is 0 Å². The Morgan fingerprint density at radius 3 is 1.94 bits per heavy atom. The van der Waals surface area contributed by atoms with Gasteiger partial charge in [-0.15, -0.1) is 0 Å². The van der Waals surface area contributed by atoms with Crippen molar-refractivity contribution in [2.24, 2.45) is 0 Å². The summed E-state index contributed by atoms with van der Waals surface area (Å²) < 4.78 is 77.1. The van der Waals surface area contributed by atoms with Crippen LogP contribution < -0.4 is 0 Å². The Morgan fingerprint density at radius 1 is 0.781 bits per heavy atom. The van der Waals surface area contributed by atoms with Crippen LogP contribution in [0.3, 0.4) is 0 Å². The lowest BCUT2D eigenvalue weighted by Gasteiger charge is -2.14. The number of sulfone groups is 1. The van der Waals surface area contributed by atoms with Gasteiger partial charge in [-0.1, -0.05) is 36.4 Å². The minimum absolute atomic E-state index is 0.114. The van der Waals surface area contributed by atoms with Crippen molar-refractivity contribution in [2.45, 2.75) is 11.1 Å². The monoisotopic (exact) mass is 460 g/mol. The van der Waals surface area contributed by atoms with Crippen molar-refractivity contribution in [1.29, 1.82) is 0 Å². The van der Waals surface area contributed by atoms with Crippen molar-refractivity contribution in [3.8, 4) is 33.4 Å². The molecule has 0 radical (unpaired) electrons. The van der Waals surface area contributed by atoms with Crippen molar-refractivity contribution in [2.75, 3.05) is 6.26 Å². The summed E-state index contributed by atoms with van der Waals surface area (Å²) in [5.74, 6) is -0.419. The number of nitrogens with one attached hydrogen (secondary N) is 1. The number of hydrogen-bond acceptors (Lipinski definition) is 3. The first-order valence-corrected chi connectivity index (χ1v) is 11.2. The van der Waals surface area contributed by atoms with E-state index in [1.54, 1.807) is 36.4 Å². The molecule has 0 unspecified atom stereocenters. The minimum atomic E-state index is -4.61. The molecule has 0 saturated carbocycles. The van der Waals surface area contributed by atoms with E-state index in [0.717, 1.165) is 12.5 Å². The smallest absolute Gasteiger partial charge is 0.273 e. The SMILES string of the molecule is CS(=O)(=O)c1ccc(-c2cc(-c3cn[nH]c3C(F)(F)F)ccc2-c2ccc(F)cc2)cc1. The van der Waals surface area contributed by atoms with Crippen LogP contribution in [-0.2, 0) is 16.0 Å². The molecule has 0 aliphatic carbocycles. The molecule has 0 aliphatic rings. The van der Waals surface area contributed by atoms with Gasteiger partial charge in [0.2, 0.25) is 0 Å². The van der Waals surface area contributed by atoms with Gasteiger partial charge in [-0.25, -0.2) is 12.8 Å². The molecule has 1 heterocycles. The van der Waals surface area contributed by atoms with Gasteiger partial charge in [-0.2, -0.15) is 18.3 Å². The van der Waals surface area contributed by atoms with E-state index in [1.807, 2.05) is 5.10 Å². The maximum Gasteiger partial charge on any atom is 0.433 e. The zero-order valence-electron chi connectivity index (χ0n) is 16.6. The standard InChI is InChI=1S/C23H16F4N2O2S/c1-32(30,31)18-9-4-15(5-10-18)20-12-16(21-13-28-29-22(21)23(25,26)27)6-11-19(20)14-2-7-17(24)8-3-14/h2-13H,1H3,(H,28,29). The van der Waals surface area contributed by atoms with Crippen LogP contribution >= 0.6 is 0 Å². The largest absolute Gasteiger partial charge is 0.433 e. The first kappa shape index (κ1) is 21.8. The third kappa shape index (κ3) is 4.29. The molecule has 0 fully saturated rings. The average molecular weight is 460 g/mol. The fourth-order valence-corrected chi connectivity index (χ4v) is 4.07. The number of aromatic nitrogens is 2. The van der Waals surface area contributed by atoms with Crippen LogP contribution in [0.25, 0.3) is 33.4 Å². The van der Waals surface area contributed by atoms with Crippen LogP contribution in [0.5, 0.6) is 0 Å². The summed E-state index contributed by atoms with van der Waals surface area (Å²) in [6.45, 7) is 0. The number of alkyl halides is 3. The molecule has 0 atom stereocenters. The predicted octanol–water partition coefficient (Wildman–Crippen LogP) is 5.97. The topological polar surface area (TPSA) is 62.8 Å². The molecule has 0 aliphatic heterocycles. The van der Waals surface area contributed by atoms with Crippen LogP contribution in [-0.4, -0.2) is 24.9 Å². The summed E-state index contributed by atoms with van der Waals surface area (Å²) in [5.41, 5.74) is 1.65. The van der Waals surface area contributed by atoms with E-state index in [-0.39, 0.29) is 16.0 Å². The third-order valence-corrected chi connectivity index (χ3v) is 6.13. The highest BCUT2D eigenvalue weighted by atomic mass is 32.2. The van der Waals surface area contributed by atoms with Gasteiger partial charge in [0, 0.05) is 11.8 Å². The number of hydrogen-bond donors (Lipinski definition) is 1. The Kier molecular flexibility index (Phi) is 5.37. The molecule has 4 aromatic rings. The van der Waals surface area contributed by atoms with Gasteiger partial charge < -0.3 is 0 Å². The van der Waals surface area contributed by atoms with Gasteiger partial charge in [0.1, 0.15) is 11.5 Å². The summed E-state index contributed by atoms with van der Waals surface area (Å²) in [7, 11) is -3.41. The fourth-order valence-electron chi connectivity index (χ4n) is 3.43. The zero-order valence-corrected chi connectivity index (χ0v) is 17.4. The minimum Gasteiger partial charge on any atom is -0.273 e. The van der Waals surface area contributed by atoms with Gasteiger partial charge in [0.25, 0.3) is 0 Å². The Labute approximate surface area is 181 Å². The summed E-state index contributed by atoms with van der Waals surface area (Å²) in [5, 5.41) is 5.54. The normalized spacial score (nSPS) is 12.2. The van der Waals surface area contributed by atoms with Gasteiger partial charge in [0.05, 0.1) is 11.1 Å². The van der Waals surface area contributed by atoms with Crippen LogP contribution in [0.2, 0.25) is 0 Å². The van der Waals surface area contributed by atoms with E-state index in [9.17, 15) is 26.0 Å². The lowest BCUT2D eigenvalue weighted by molar-refractivity contribution is -0.140. The first-order valence-electron chi connectivity index (χ1n) is 9.35. The fraction of sp³-hybridized carbons (Fsp3) is 0.0870. The van der Waals surface area contributed by atoms with Crippen molar-refractivity contribution >= 4 is 9.84 Å². The van der Waals surface area contributed by atoms with Crippen molar-refractivity contribution in [1.82, 2.24) is 10.2 Å². The summed E-state index contributed by atoms with van der Waals surface area (Å²) in [6, 6.07) is 16.5. The maximum absolute atomic E-state index is 13.4. The number of rotatable bonds is 4. The van der Waals surface area contributed by atoms with Crippen LogP contribution in [0.1, 0.15) is 5.69 Å². The van der Waals surface area contributed by atoms with E-state index >= 15 is 0 Å². The Hall–Kier alpha value is -3.46. The second-order valence-electron chi connectivity index (χ2n) is 7.22. The molecule has 0 spiro atoms. The third-order valence-electron chi connectivity index (χ3n) is 5.00. The van der Waals surface area contributed by atoms with Crippen molar-refractivity contribution in [3.05, 3.63) is 84.4 Å². The number of nitrogens with zero attached hydrogens (tertiary/aromatic N) is 1. The Bertz CT molecular complexity index is 1380. The number of halogens is 4. The highest BCUT2D eigenvalue weighted by Gasteiger charge is 2.36. The molecule has 4 rings (SSSR count). The lowest BCUT2D eigenvalue weighted by atomic mass is 9.91. The van der Waals surface area contributed by atoms with E-state index < -0.39 is 27.5 Å². The molecule has 4 nitrogen and oxygen atoms in total. The van der Waals surface area contributed by atoms with E-state index in [4.69, 9.17) is 0 Å². The van der Waals surface area contributed by atoms with Gasteiger partial charge in [-0.05, 0) is 58.1 Å². The number of benzene rings is 3. The Balaban J connectivity index is 1.91. The molecule has 0 amide bonds. The van der Waals surface area contributed by atoms with Crippen LogP contribution in [0.15, 0.2) is 77.8 Å². The van der Waals surface area contributed by atoms with Crippen LogP contribution in [0, 0.1) is 5.82 Å². The maximum atomic E-state index is 13.4. The molecule has 9 heteroatoms. The number of H-pyrrole nitrogens is 1. The van der Waals surface area contributed by atoms with E-state index in [0.29, 0.717) is 22.3 Å². The quantitative estimate of drug-likeness (QED) is 0.382. The highest BCUT2D eigenvalue weighted by molar-refractivity contribution is 7.90. The molecule has 164 valence electrons. The lowest BCUT2D eigenvalue weighted by Crippen LogP contribution is -2.07. The molecule has 0 bridgehead atoms. The zero-order chi connectivity index (χ0) is 23.1. The molecular weight excluding hydrogens is 444 g/mol. The molecule has 1 N–H and O–H groups in total. The predicted molar refractivity (Wildman–Crippen MR) is 113 cm³/mol. The number of aromatic amines is 1. The van der Waals surface area contributed by atoms with Crippen molar-refractivity contribution < 1.29 is 26.0 Å².